The fourth-order valence-electron chi connectivity index (χ4n) is 1.24. The minimum atomic E-state index is 0.885. The Kier molecular flexibility index (Phi) is 5.00. The Bertz CT molecular complexity index is 233. The Morgan fingerprint density at radius 1 is 1.36 bits per heavy atom. The number of pyridine rings is 1. The van der Waals surface area contributed by atoms with Crippen molar-refractivity contribution in [3.63, 3.8) is 0 Å². The van der Waals surface area contributed by atoms with Crippen LogP contribution in [0.25, 0.3) is 0 Å². The van der Waals surface area contributed by atoms with Crippen LogP contribution in [0.2, 0.25) is 0 Å². The zero-order valence-electron chi connectivity index (χ0n) is 9.01. The molecule has 1 aromatic rings. The van der Waals surface area contributed by atoms with E-state index >= 15 is 0 Å². The van der Waals surface area contributed by atoms with Gasteiger partial charge >= 0.3 is 0 Å². The maximum absolute atomic E-state index is 4.32. The van der Waals surface area contributed by atoms with E-state index in [4.69, 9.17) is 0 Å². The molecule has 0 aliphatic rings. The van der Waals surface area contributed by atoms with Crippen LogP contribution in [-0.2, 0) is 6.54 Å². The van der Waals surface area contributed by atoms with E-state index in [0.29, 0.717) is 0 Å². The Labute approximate surface area is 85.9 Å². The SMILES string of the molecule is CCCNc1ncccc1CNCC. The van der Waals surface area contributed by atoms with Crippen molar-refractivity contribution in [3.05, 3.63) is 23.9 Å². The van der Waals surface area contributed by atoms with Crippen molar-refractivity contribution in [2.45, 2.75) is 26.8 Å². The highest BCUT2D eigenvalue weighted by Crippen LogP contribution is 2.10. The molecule has 0 fully saturated rings. The predicted octanol–water partition coefficient (Wildman–Crippen LogP) is 2.01. The van der Waals surface area contributed by atoms with Gasteiger partial charge < -0.3 is 10.6 Å². The maximum Gasteiger partial charge on any atom is 0.130 e. The number of anilines is 1. The minimum absolute atomic E-state index is 0.885. The van der Waals surface area contributed by atoms with Crippen LogP contribution in [0.4, 0.5) is 5.82 Å². The Hall–Kier alpha value is -1.09. The average molecular weight is 193 g/mol. The molecule has 0 unspecified atom stereocenters. The van der Waals surface area contributed by atoms with Crippen LogP contribution in [0.1, 0.15) is 25.8 Å². The molecular formula is C11H19N3. The second-order valence-corrected chi connectivity index (χ2v) is 3.22. The van der Waals surface area contributed by atoms with Crippen LogP contribution in [0.15, 0.2) is 18.3 Å². The van der Waals surface area contributed by atoms with Gasteiger partial charge in [0.15, 0.2) is 0 Å². The third kappa shape index (κ3) is 3.34. The van der Waals surface area contributed by atoms with E-state index in [1.807, 2.05) is 12.3 Å². The predicted molar refractivity (Wildman–Crippen MR) is 60.4 cm³/mol. The molecule has 14 heavy (non-hydrogen) atoms. The summed E-state index contributed by atoms with van der Waals surface area (Å²) in [6.45, 7) is 7.12. The highest BCUT2D eigenvalue weighted by Gasteiger charge is 2.00. The molecule has 3 nitrogen and oxygen atoms in total. The molecule has 1 rings (SSSR count). The molecule has 3 heteroatoms. The zero-order chi connectivity index (χ0) is 10.2. The third-order valence-corrected chi connectivity index (χ3v) is 2.00. The summed E-state index contributed by atoms with van der Waals surface area (Å²) < 4.78 is 0. The second-order valence-electron chi connectivity index (χ2n) is 3.22. The molecule has 0 spiro atoms. The van der Waals surface area contributed by atoms with Crippen molar-refractivity contribution in [1.29, 1.82) is 0 Å². The summed E-state index contributed by atoms with van der Waals surface area (Å²) in [5.74, 6) is 1.01. The van der Waals surface area contributed by atoms with Crippen LogP contribution in [-0.4, -0.2) is 18.1 Å². The third-order valence-electron chi connectivity index (χ3n) is 2.00. The van der Waals surface area contributed by atoms with Crippen LogP contribution in [0.3, 0.4) is 0 Å². The van der Waals surface area contributed by atoms with E-state index in [0.717, 1.165) is 31.9 Å². The first-order valence-corrected chi connectivity index (χ1v) is 5.27. The van der Waals surface area contributed by atoms with Gasteiger partial charge in [0.25, 0.3) is 0 Å². The average Bonchev–Trinajstić information content (AvgIpc) is 2.24. The number of nitrogens with one attached hydrogen (secondary N) is 2. The highest BCUT2D eigenvalue weighted by molar-refractivity contribution is 5.43. The van der Waals surface area contributed by atoms with E-state index in [2.05, 4.69) is 35.5 Å². The standard InChI is InChI=1S/C11H19N3/c1-3-7-13-11-10(9-12-4-2)6-5-8-14-11/h5-6,8,12H,3-4,7,9H2,1-2H3,(H,13,14). The van der Waals surface area contributed by atoms with Gasteiger partial charge in [-0.1, -0.05) is 19.9 Å². The number of nitrogens with zero attached hydrogens (tertiary/aromatic N) is 1. The Balaban J connectivity index is 2.60. The van der Waals surface area contributed by atoms with Crippen LogP contribution >= 0.6 is 0 Å². The topological polar surface area (TPSA) is 37.0 Å². The van der Waals surface area contributed by atoms with Gasteiger partial charge in [0.05, 0.1) is 0 Å². The molecule has 2 N–H and O–H groups in total. The van der Waals surface area contributed by atoms with Gasteiger partial charge in [-0.15, -0.1) is 0 Å². The largest absolute Gasteiger partial charge is 0.370 e. The Morgan fingerprint density at radius 2 is 2.21 bits per heavy atom. The number of rotatable bonds is 6. The van der Waals surface area contributed by atoms with Crippen molar-refractivity contribution in [1.82, 2.24) is 10.3 Å². The lowest BCUT2D eigenvalue weighted by molar-refractivity contribution is 0.725. The lowest BCUT2D eigenvalue weighted by atomic mass is 10.2. The molecule has 1 heterocycles. The number of aromatic nitrogens is 1. The number of hydrogen-bond donors (Lipinski definition) is 2. The first-order chi connectivity index (χ1) is 6.88. The molecule has 0 aliphatic heterocycles. The summed E-state index contributed by atoms with van der Waals surface area (Å²) in [5.41, 5.74) is 1.24. The maximum atomic E-state index is 4.32. The Morgan fingerprint density at radius 3 is 2.93 bits per heavy atom. The summed E-state index contributed by atoms with van der Waals surface area (Å²) >= 11 is 0. The lowest BCUT2D eigenvalue weighted by Gasteiger charge is -2.09. The van der Waals surface area contributed by atoms with Gasteiger partial charge in [0, 0.05) is 24.8 Å². The molecule has 0 saturated heterocycles. The minimum Gasteiger partial charge on any atom is -0.370 e. The monoisotopic (exact) mass is 193 g/mol. The molecule has 0 aliphatic carbocycles. The zero-order valence-corrected chi connectivity index (χ0v) is 9.01. The van der Waals surface area contributed by atoms with Gasteiger partial charge in [-0.25, -0.2) is 4.98 Å². The molecule has 0 bridgehead atoms. The van der Waals surface area contributed by atoms with E-state index in [1.54, 1.807) is 0 Å². The van der Waals surface area contributed by atoms with Crippen LogP contribution in [0, 0.1) is 0 Å². The normalized spacial score (nSPS) is 10.1. The molecule has 78 valence electrons. The van der Waals surface area contributed by atoms with E-state index in [9.17, 15) is 0 Å². The molecule has 0 atom stereocenters. The summed E-state index contributed by atoms with van der Waals surface area (Å²) in [6, 6.07) is 4.08. The summed E-state index contributed by atoms with van der Waals surface area (Å²) in [6.07, 6.45) is 2.95. The van der Waals surface area contributed by atoms with Crippen molar-refractivity contribution in [2.24, 2.45) is 0 Å². The summed E-state index contributed by atoms with van der Waals surface area (Å²) in [7, 11) is 0. The second kappa shape index (κ2) is 6.38. The molecule has 0 saturated carbocycles. The van der Waals surface area contributed by atoms with Crippen LogP contribution in [0.5, 0.6) is 0 Å². The van der Waals surface area contributed by atoms with Gasteiger partial charge in [-0.05, 0) is 19.0 Å². The molecule has 0 aromatic carbocycles. The van der Waals surface area contributed by atoms with Crippen molar-refractivity contribution < 1.29 is 0 Å². The number of hydrogen-bond acceptors (Lipinski definition) is 3. The quantitative estimate of drug-likeness (QED) is 0.725. The molecule has 0 radical (unpaired) electrons. The fraction of sp³-hybridized carbons (Fsp3) is 0.545. The molecule has 0 amide bonds. The first-order valence-electron chi connectivity index (χ1n) is 5.27. The molecular weight excluding hydrogens is 174 g/mol. The van der Waals surface area contributed by atoms with Gasteiger partial charge in [-0.3, -0.25) is 0 Å². The highest BCUT2D eigenvalue weighted by atomic mass is 15.0. The summed E-state index contributed by atoms with van der Waals surface area (Å²) in [5, 5.41) is 6.62. The van der Waals surface area contributed by atoms with Crippen LogP contribution < -0.4 is 10.6 Å². The van der Waals surface area contributed by atoms with Crippen molar-refractivity contribution >= 4 is 5.82 Å². The fourth-order valence-corrected chi connectivity index (χ4v) is 1.24. The van der Waals surface area contributed by atoms with Crippen molar-refractivity contribution in [2.75, 3.05) is 18.4 Å². The van der Waals surface area contributed by atoms with E-state index in [1.165, 1.54) is 5.56 Å². The van der Waals surface area contributed by atoms with Gasteiger partial charge in [0.2, 0.25) is 0 Å². The van der Waals surface area contributed by atoms with E-state index < -0.39 is 0 Å². The lowest BCUT2D eigenvalue weighted by Crippen LogP contribution is -2.14. The van der Waals surface area contributed by atoms with Crippen molar-refractivity contribution in [3.8, 4) is 0 Å². The van der Waals surface area contributed by atoms with Gasteiger partial charge in [0.1, 0.15) is 5.82 Å². The smallest absolute Gasteiger partial charge is 0.130 e. The summed E-state index contributed by atoms with van der Waals surface area (Å²) in [4.78, 5) is 4.32. The molecule has 1 aromatic heterocycles. The first kappa shape index (κ1) is 11.0. The van der Waals surface area contributed by atoms with E-state index in [-0.39, 0.29) is 0 Å². The van der Waals surface area contributed by atoms with Gasteiger partial charge in [-0.2, -0.15) is 0 Å².